The lowest BCUT2D eigenvalue weighted by Gasteiger charge is -2.09. The highest BCUT2D eigenvalue weighted by atomic mass is 19.4. The number of hydrogen-bond acceptors (Lipinski definition) is 7. The maximum absolute atomic E-state index is 14.6. The van der Waals surface area contributed by atoms with Crippen molar-refractivity contribution in [3.05, 3.63) is 76.5 Å². The van der Waals surface area contributed by atoms with E-state index in [-0.39, 0.29) is 11.5 Å². The minimum absolute atomic E-state index is 0.0507. The molecule has 0 saturated heterocycles. The summed E-state index contributed by atoms with van der Waals surface area (Å²) in [6.07, 6.45) is -7.04. The second-order valence-corrected chi connectivity index (χ2v) is 6.55. The van der Waals surface area contributed by atoms with E-state index in [9.17, 15) is 31.9 Å². The van der Waals surface area contributed by atoms with Crippen molar-refractivity contribution in [3.8, 4) is 23.0 Å². The van der Waals surface area contributed by atoms with Crippen molar-refractivity contribution in [2.75, 3.05) is 7.11 Å². The fourth-order valence-electron chi connectivity index (χ4n) is 2.61. The molecular weight excluding hydrogens is 482 g/mol. The number of methoxy groups -OCH3 is 1. The Labute approximate surface area is 193 Å². The first-order valence-electron chi connectivity index (χ1n) is 9.43. The van der Waals surface area contributed by atoms with Crippen LogP contribution in [0.4, 0.5) is 27.2 Å². The van der Waals surface area contributed by atoms with Gasteiger partial charge in [-0.1, -0.05) is 0 Å². The average Bonchev–Trinajstić information content (AvgIpc) is 2.80. The van der Waals surface area contributed by atoms with E-state index in [1.807, 2.05) is 0 Å². The molecular formula is C21H15F4N3O7. The van der Waals surface area contributed by atoms with E-state index in [0.717, 1.165) is 31.3 Å². The molecule has 0 bridgehead atoms. The minimum Gasteiger partial charge on any atom is -0.497 e. The van der Waals surface area contributed by atoms with Gasteiger partial charge >= 0.3 is 24.2 Å². The molecule has 10 nitrogen and oxygen atoms in total. The molecule has 1 heterocycles. The largest absolute Gasteiger partial charge is 0.573 e. The molecule has 3 rings (SSSR count). The third-order valence-corrected chi connectivity index (χ3v) is 4.19. The van der Waals surface area contributed by atoms with Crippen LogP contribution in [0, 0.1) is 5.82 Å². The van der Waals surface area contributed by atoms with Gasteiger partial charge < -0.3 is 18.9 Å². The molecule has 3 aromatic rings. The molecule has 184 valence electrons. The predicted octanol–water partition coefficient (Wildman–Crippen LogP) is 3.38. The SMILES string of the molecule is COc1ccc(OC(=O)n2cc(F)c(=NC(=O)Oc3ccc(OC(F)(F)F)cc3)n(C)c2=O)cc1. The first-order valence-corrected chi connectivity index (χ1v) is 9.43. The van der Waals surface area contributed by atoms with Gasteiger partial charge in [0.1, 0.15) is 23.0 Å². The number of benzene rings is 2. The fraction of sp³-hybridized carbons (Fsp3) is 0.143. The quantitative estimate of drug-likeness (QED) is 0.509. The molecule has 0 saturated carbocycles. The number of rotatable bonds is 4. The van der Waals surface area contributed by atoms with Crippen LogP contribution < -0.4 is 30.1 Å². The highest BCUT2D eigenvalue weighted by Gasteiger charge is 2.31. The lowest BCUT2D eigenvalue weighted by atomic mass is 10.3. The van der Waals surface area contributed by atoms with Crippen LogP contribution in [0.2, 0.25) is 0 Å². The van der Waals surface area contributed by atoms with Crippen molar-refractivity contribution < 1.29 is 46.1 Å². The lowest BCUT2D eigenvalue weighted by molar-refractivity contribution is -0.274. The smallest absolute Gasteiger partial charge is 0.497 e. The molecule has 0 fully saturated rings. The van der Waals surface area contributed by atoms with Gasteiger partial charge in [-0.05, 0) is 48.5 Å². The number of carbonyl (C=O) groups is 2. The van der Waals surface area contributed by atoms with Gasteiger partial charge in [0, 0.05) is 7.05 Å². The van der Waals surface area contributed by atoms with Gasteiger partial charge in [0.25, 0.3) is 0 Å². The van der Waals surface area contributed by atoms with E-state index in [0.29, 0.717) is 21.1 Å². The van der Waals surface area contributed by atoms with E-state index in [4.69, 9.17) is 14.2 Å². The molecule has 14 heteroatoms. The number of aromatic nitrogens is 2. The molecule has 1 aromatic heterocycles. The van der Waals surface area contributed by atoms with E-state index in [1.54, 1.807) is 0 Å². The summed E-state index contributed by atoms with van der Waals surface area (Å²) < 4.78 is 70.5. The standard InChI is InChI=1S/C21H15F4N3O7/c1-27-17(26-18(29)33-13-7-9-15(10-8-13)35-21(23,24)25)16(22)11-28(19(27)30)20(31)34-14-5-3-12(32-2)4-6-14/h3-11H,1-2H3. The monoisotopic (exact) mass is 497 g/mol. The zero-order valence-corrected chi connectivity index (χ0v) is 17.9. The van der Waals surface area contributed by atoms with Gasteiger partial charge in [-0.15, -0.1) is 13.2 Å². The molecule has 0 aliphatic carbocycles. The lowest BCUT2D eigenvalue weighted by Crippen LogP contribution is -2.43. The number of ether oxygens (including phenoxy) is 4. The second-order valence-electron chi connectivity index (χ2n) is 6.55. The summed E-state index contributed by atoms with van der Waals surface area (Å²) >= 11 is 0. The maximum Gasteiger partial charge on any atom is 0.573 e. The van der Waals surface area contributed by atoms with E-state index in [2.05, 4.69) is 9.73 Å². The topological polar surface area (TPSA) is 110 Å². The van der Waals surface area contributed by atoms with Crippen LogP contribution >= 0.6 is 0 Å². The number of amides is 1. The first kappa shape index (κ1) is 25.0. The molecule has 0 N–H and O–H groups in total. The van der Waals surface area contributed by atoms with Crippen molar-refractivity contribution >= 4 is 12.2 Å². The van der Waals surface area contributed by atoms with Crippen molar-refractivity contribution in [1.29, 1.82) is 0 Å². The van der Waals surface area contributed by atoms with Gasteiger partial charge in [-0.2, -0.15) is 9.56 Å². The molecule has 35 heavy (non-hydrogen) atoms. The molecule has 0 atom stereocenters. The molecule has 0 unspecified atom stereocenters. The Balaban J connectivity index is 1.79. The number of carbonyl (C=O) groups excluding carboxylic acids is 2. The Bertz CT molecular complexity index is 1360. The summed E-state index contributed by atoms with van der Waals surface area (Å²) in [5.41, 5.74) is -1.87. The summed E-state index contributed by atoms with van der Waals surface area (Å²) in [5.74, 6) is -1.49. The summed E-state index contributed by atoms with van der Waals surface area (Å²) in [4.78, 5) is 40.2. The summed E-state index contributed by atoms with van der Waals surface area (Å²) in [5, 5.41) is 0. The summed E-state index contributed by atoms with van der Waals surface area (Å²) in [6.45, 7) is 0. The Morgan fingerprint density at radius 2 is 1.40 bits per heavy atom. The summed E-state index contributed by atoms with van der Waals surface area (Å²) in [7, 11) is 2.48. The third kappa shape index (κ3) is 6.46. The zero-order chi connectivity index (χ0) is 25.8. The second kappa shape index (κ2) is 10.1. The van der Waals surface area contributed by atoms with Crippen molar-refractivity contribution in [3.63, 3.8) is 0 Å². The Hall–Kier alpha value is -4.62. The van der Waals surface area contributed by atoms with Gasteiger partial charge in [0.2, 0.25) is 0 Å². The fourth-order valence-corrected chi connectivity index (χ4v) is 2.61. The Morgan fingerprint density at radius 3 is 1.94 bits per heavy atom. The minimum atomic E-state index is -4.90. The molecule has 0 spiro atoms. The maximum atomic E-state index is 14.6. The number of alkyl halides is 3. The third-order valence-electron chi connectivity index (χ3n) is 4.19. The zero-order valence-electron chi connectivity index (χ0n) is 17.9. The van der Waals surface area contributed by atoms with Gasteiger partial charge in [-0.25, -0.2) is 18.8 Å². The highest BCUT2D eigenvalue weighted by molar-refractivity contribution is 5.73. The molecule has 2 aromatic carbocycles. The number of nitrogens with zero attached hydrogens (tertiary/aromatic N) is 3. The van der Waals surface area contributed by atoms with Crippen LogP contribution in [0.25, 0.3) is 0 Å². The van der Waals surface area contributed by atoms with Gasteiger partial charge in [0.05, 0.1) is 13.3 Å². The van der Waals surface area contributed by atoms with Crippen molar-refractivity contribution in [1.82, 2.24) is 9.13 Å². The van der Waals surface area contributed by atoms with Gasteiger partial charge in [0.15, 0.2) is 11.3 Å². The highest BCUT2D eigenvalue weighted by Crippen LogP contribution is 2.24. The van der Waals surface area contributed by atoms with Crippen LogP contribution in [0.15, 0.2) is 64.5 Å². The van der Waals surface area contributed by atoms with Crippen molar-refractivity contribution in [2.24, 2.45) is 12.0 Å². The normalized spacial score (nSPS) is 11.7. The Morgan fingerprint density at radius 1 is 0.886 bits per heavy atom. The summed E-state index contributed by atoms with van der Waals surface area (Å²) in [6, 6.07) is 9.50. The molecule has 1 amide bonds. The number of hydrogen-bond donors (Lipinski definition) is 0. The van der Waals surface area contributed by atoms with Crippen LogP contribution in [0.5, 0.6) is 23.0 Å². The first-order chi connectivity index (χ1) is 16.5. The van der Waals surface area contributed by atoms with Crippen LogP contribution in [-0.4, -0.2) is 34.8 Å². The molecule has 0 aliphatic rings. The molecule has 0 radical (unpaired) electrons. The van der Waals surface area contributed by atoms with E-state index >= 15 is 0 Å². The van der Waals surface area contributed by atoms with Gasteiger partial charge in [-0.3, -0.25) is 4.57 Å². The van der Waals surface area contributed by atoms with E-state index in [1.165, 1.54) is 31.4 Å². The van der Waals surface area contributed by atoms with Crippen LogP contribution in [-0.2, 0) is 7.05 Å². The van der Waals surface area contributed by atoms with Crippen LogP contribution in [0.3, 0.4) is 0 Å². The Kier molecular flexibility index (Phi) is 7.22. The predicted molar refractivity (Wildman–Crippen MR) is 109 cm³/mol. The molecule has 0 aliphatic heterocycles. The van der Waals surface area contributed by atoms with Crippen molar-refractivity contribution in [2.45, 2.75) is 6.36 Å². The van der Waals surface area contributed by atoms with E-state index < -0.39 is 41.3 Å². The number of halogens is 4. The van der Waals surface area contributed by atoms with Crippen LogP contribution in [0.1, 0.15) is 0 Å². The average molecular weight is 497 g/mol.